The molecule has 0 saturated heterocycles. The van der Waals surface area contributed by atoms with Crippen LogP contribution in [0.25, 0.3) is 10.8 Å². The highest BCUT2D eigenvalue weighted by Crippen LogP contribution is 2.36. The lowest BCUT2D eigenvalue weighted by Crippen LogP contribution is -2.16. The fourth-order valence-electron chi connectivity index (χ4n) is 3.62. The minimum absolute atomic E-state index is 0.0149. The first-order chi connectivity index (χ1) is 18.5. The van der Waals surface area contributed by atoms with E-state index in [1.807, 2.05) is 0 Å². The predicted molar refractivity (Wildman–Crippen MR) is 149 cm³/mol. The van der Waals surface area contributed by atoms with Gasteiger partial charge in [0, 0.05) is 43.2 Å². The zero-order chi connectivity index (χ0) is 28.6. The third-order valence-corrected chi connectivity index (χ3v) is 7.79. The van der Waals surface area contributed by atoms with E-state index in [0.29, 0.717) is 53.1 Å². The van der Waals surface area contributed by atoms with Crippen LogP contribution >= 0.6 is 0 Å². The van der Waals surface area contributed by atoms with E-state index < -0.39 is 20.0 Å². The molecule has 3 aromatic rings. The third kappa shape index (κ3) is 7.58. The van der Waals surface area contributed by atoms with Gasteiger partial charge in [-0.25, -0.2) is 13.4 Å². The standard InChI is InChI=1S/C25H28N6O6S2/c1-4-38(32,33)14-12-28-24-21(16-26)17(2)23(25(29-24)27-11-6-13-37-3)31-30-22-8-5-7-18-15-19(39(34,35)36)9-10-20(18)22/h4-5,7-10,15H,1,6,11-14H2,2-3H3,(H2,27,28,29)(H,34,35,36). The number of fused-ring (bicyclic) bond motifs is 1. The summed E-state index contributed by atoms with van der Waals surface area (Å²) in [7, 11) is -6.23. The van der Waals surface area contributed by atoms with Gasteiger partial charge in [-0.1, -0.05) is 24.8 Å². The molecule has 0 aliphatic rings. The second-order valence-corrected chi connectivity index (χ2v) is 11.8. The van der Waals surface area contributed by atoms with Gasteiger partial charge in [0.15, 0.2) is 15.7 Å². The fourth-order valence-corrected chi connectivity index (χ4v) is 4.69. The van der Waals surface area contributed by atoms with Gasteiger partial charge >= 0.3 is 0 Å². The molecule has 0 fully saturated rings. The van der Waals surface area contributed by atoms with Crippen LogP contribution in [0.3, 0.4) is 0 Å². The molecule has 1 aromatic heterocycles. The number of nitrogens with zero attached hydrogens (tertiary/aromatic N) is 4. The average molecular weight is 573 g/mol. The first-order valence-corrected chi connectivity index (χ1v) is 14.8. The molecule has 39 heavy (non-hydrogen) atoms. The molecule has 0 spiro atoms. The first-order valence-electron chi connectivity index (χ1n) is 11.7. The van der Waals surface area contributed by atoms with Crippen molar-refractivity contribution in [3.8, 4) is 6.07 Å². The summed E-state index contributed by atoms with van der Waals surface area (Å²) < 4.78 is 61.0. The summed E-state index contributed by atoms with van der Waals surface area (Å²) in [5, 5.41) is 26.7. The summed E-state index contributed by atoms with van der Waals surface area (Å²) >= 11 is 0. The Labute approximate surface area is 227 Å². The molecular formula is C25H28N6O6S2. The lowest BCUT2D eigenvalue weighted by Gasteiger charge is -2.15. The highest BCUT2D eigenvalue weighted by Gasteiger charge is 2.18. The number of hydrogen-bond acceptors (Lipinski definition) is 11. The minimum Gasteiger partial charge on any atom is -0.385 e. The first kappa shape index (κ1) is 29.7. The maximum absolute atomic E-state index is 11.8. The molecule has 2 aromatic carbocycles. The Bertz CT molecular complexity index is 1660. The predicted octanol–water partition coefficient (Wildman–Crippen LogP) is 4.50. The number of rotatable bonds is 13. The van der Waals surface area contributed by atoms with Crippen molar-refractivity contribution in [3.63, 3.8) is 0 Å². The van der Waals surface area contributed by atoms with Gasteiger partial charge in [0.1, 0.15) is 17.6 Å². The van der Waals surface area contributed by atoms with Gasteiger partial charge in [-0.2, -0.15) is 13.7 Å². The van der Waals surface area contributed by atoms with Gasteiger partial charge < -0.3 is 15.4 Å². The number of azo groups is 1. The maximum atomic E-state index is 11.8. The van der Waals surface area contributed by atoms with Crippen molar-refractivity contribution in [3.05, 3.63) is 59.5 Å². The van der Waals surface area contributed by atoms with Crippen molar-refractivity contribution >= 4 is 53.7 Å². The Morgan fingerprint density at radius 2 is 1.87 bits per heavy atom. The Hall–Kier alpha value is -3.90. The van der Waals surface area contributed by atoms with Crippen LogP contribution in [0.5, 0.6) is 0 Å². The molecule has 0 bridgehead atoms. The monoisotopic (exact) mass is 572 g/mol. The van der Waals surface area contributed by atoms with E-state index in [-0.39, 0.29) is 28.6 Å². The quantitative estimate of drug-likeness (QED) is 0.150. The number of methoxy groups -OCH3 is 1. The van der Waals surface area contributed by atoms with Crippen LogP contribution < -0.4 is 10.6 Å². The number of hydrogen-bond donors (Lipinski definition) is 3. The molecule has 0 aliphatic carbocycles. The largest absolute Gasteiger partial charge is 0.385 e. The van der Waals surface area contributed by atoms with E-state index in [1.165, 1.54) is 18.2 Å². The number of ether oxygens (including phenoxy) is 1. The second kappa shape index (κ2) is 12.8. The molecule has 0 saturated carbocycles. The van der Waals surface area contributed by atoms with E-state index >= 15 is 0 Å². The highest BCUT2D eigenvalue weighted by atomic mass is 32.2. The van der Waals surface area contributed by atoms with E-state index in [0.717, 1.165) is 5.41 Å². The van der Waals surface area contributed by atoms with Crippen molar-refractivity contribution in [2.45, 2.75) is 18.2 Å². The summed E-state index contributed by atoms with van der Waals surface area (Å²) in [6.45, 7) is 5.98. The zero-order valence-electron chi connectivity index (χ0n) is 21.4. The molecule has 0 atom stereocenters. The number of nitrogens with one attached hydrogen (secondary N) is 2. The van der Waals surface area contributed by atoms with Crippen LogP contribution in [-0.4, -0.2) is 58.9 Å². The van der Waals surface area contributed by atoms with E-state index in [1.54, 1.807) is 32.2 Å². The summed E-state index contributed by atoms with van der Waals surface area (Å²) in [5.74, 6) is 0.306. The lowest BCUT2D eigenvalue weighted by molar-refractivity contribution is 0.198. The molecule has 3 N–H and O–H groups in total. The Kier molecular flexibility index (Phi) is 9.71. The molecule has 14 heteroatoms. The molecule has 3 rings (SSSR count). The smallest absolute Gasteiger partial charge is 0.294 e. The van der Waals surface area contributed by atoms with Crippen molar-refractivity contribution in [2.24, 2.45) is 10.2 Å². The normalized spacial score (nSPS) is 11.9. The molecule has 12 nitrogen and oxygen atoms in total. The van der Waals surface area contributed by atoms with Crippen molar-refractivity contribution in [1.82, 2.24) is 4.98 Å². The van der Waals surface area contributed by atoms with Crippen molar-refractivity contribution in [1.29, 1.82) is 5.26 Å². The summed E-state index contributed by atoms with van der Waals surface area (Å²) in [4.78, 5) is 4.26. The summed E-state index contributed by atoms with van der Waals surface area (Å²) in [6, 6.07) is 11.3. The van der Waals surface area contributed by atoms with Gasteiger partial charge in [-0.05, 0) is 36.9 Å². The number of benzene rings is 2. The number of aromatic nitrogens is 1. The van der Waals surface area contributed by atoms with Gasteiger partial charge in [0.05, 0.1) is 21.9 Å². The average Bonchev–Trinajstić information content (AvgIpc) is 2.90. The van der Waals surface area contributed by atoms with Crippen LogP contribution in [0.4, 0.5) is 23.0 Å². The number of anilines is 2. The minimum atomic E-state index is -4.37. The maximum Gasteiger partial charge on any atom is 0.294 e. The van der Waals surface area contributed by atoms with Crippen LogP contribution in [0.1, 0.15) is 17.5 Å². The number of pyridine rings is 1. The van der Waals surface area contributed by atoms with Crippen molar-refractivity contribution in [2.75, 3.05) is 43.2 Å². The molecule has 0 aliphatic heterocycles. The zero-order valence-corrected chi connectivity index (χ0v) is 23.0. The Morgan fingerprint density at radius 1 is 1.13 bits per heavy atom. The number of sulfone groups is 1. The van der Waals surface area contributed by atoms with Crippen LogP contribution in [0, 0.1) is 18.3 Å². The van der Waals surface area contributed by atoms with Crippen LogP contribution in [-0.2, 0) is 24.7 Å². The molecule has 1 heterocycles. The topological polar surface area (TPSA) is 183 Å². The van der Waals surface area contributed by atoms with E-state index in [9.17, 15) is 26.7 Å². The molecule has 0 radical (unpaired) electrons. The molecule has 206 valence electrons. The summed E-state index contributed by atoms with van der Waals surface area (Å²) in [6.07, 6.45) is 0.660. The SMILES string of the molecule is C=CS(=O)(=O)CCNc1nc(NCCCOC)c(N=Nc2cccc3cc(S(=O)(=O)O)ccc23)c(C)c1C#N. The lowest BCUT2D eigenvalue weighted by atomic mass is 10.1. The molecule has 0 unspecified atom stereocenters. The van der Waals surface area contributed by atoms with Crippen LogP contribution in [0.2, 0.25) is 0 Å². The van der Waals surface area contributed by atoms with Gasteiger partial charge in [0.25, 0.3) is 10.1 Å². The van der Waals surface area contributed by atoms with Gasteiger partial charge in [-0.3, -0.25) is 4.55 Å². The fraction of sp³-hybridized carbons (Fsp3) is 0.280. The highest BCUT2D eigenvalue weighted by molar-refractivity contribution is 7.94. The number of nitriles is 1. The van der Waals surface area contributed by atoms with Gasteiger partial charge in [0.2, 0.25) is 0 Å². The van der Waals surface area contributed by atoms with Crippen molar-refractivity contribution < 1.29 is 26.1 Å². The third-order valence-electron chi connectivity index (χ3n) is 5.66. The molecule has 0 amide bonds. The summed E-state index contributed by atoms with van der Waals surface area (Å²) in [5.41, 5.74) is 1.38. The van der Waals surface area contributed by atoms with E-state index in [4.69, 9.17) is 4.74 Å². The second-order valence-electron chi connectivity index (χ2n) is 8.34. The van der Waals surface area contributed by atoms with Gasteiger partial charge in [-0.15, -0.1) is 10.2 Å². The molecular weight excluding hydrogens is 544 g/mol. The Balaban J connectivity index is 2.04. The van der Waals surface area contributed by atoms with E-state index in [2.05, 4.69) is 38.5 Å². The Morgan fingerprint density at radius 3 is 2.54 bits per heavy atom. The van der Waals surface area contributed by atoms with Crippen LogP contribution in [0.15, 0.2) is 63.5 Å².